The molecule has 1 atom stereocenters. The molecule has 3 rings (SSSR count). The van der Waals surface area contributed by atoms with E-state index in [0.29, 0.717) is 0 Å². The van der Waals surface area contributed by atoms with Crippen LogP contribution >= 0.6 is 0 Å². The summed E-state index contributed by atoms with van der Waals surface area (Å²) in [5, 5.41) is 7.13. The van der Waals surface area contributed by atoms with Gasteiger partial charge in [0, 0.05) is 5.56 Å². The Morgan fingerprint density at radius 3 is 2.69 bits per heavy atom. The summed E-state index contributed by atoms with van der Waals surface area (Å²) in [4.78, 5) is 5.25. The molecule has 1 N–H and O–H groups in total. The van der Waals surface area contributed by atoms with Crippen LogP contribution in [0.3, 0.4) is 0 Å². The molecule has 0 spiro atoms. The summed E-state index contributed by atoms with van der Waals surface area (Å²) in [6.45, 7) is 0. The Labute approximate surface area is 92.5 Å². The molecule has 4 heteroatoms. The van der Waals surface area contributed by atoms with Crippen molar-refractivity contribution in [3.05, 3.63) is 60.1 Å². The van der Waals surface area contributed by atoms with Gasteiger partial charge in [0.2, 0.25) is 0 Å². The van der Waals surface area contributed by atoms with E-state index in [0.717, 1.165) is 17.2 Å². The van der Waals surface area contributed by atoms with Crippen LogP contribution in [0, 0.1) is 0 Å². The van der Waals surface area contributed by atoms with Crippen LogP contribution in [-0.2, 0) is 4.84 Å². The fourth-order valence-electron chi connectivity index (χ4n) is 1.58. The Morgan fingerprint density at radius 2 is 1.94 bits per heavy atom. The van der Waals surface area contributed by atoms with Crippen LogP contribution < -0.4 is 5.32 Å². The summed E-state index contributed by atoms with van der Waals surface area (Å²) in [7, 11) is 0. The number of furan rings is 1. The first-order valence-corrected chi connectivity index (χ1v) is 5.03. The number of oxime groups is 1. The third kappa shape index (κ3) is 1.54. The first-order valence-electron chi connectivity index (χ1n) is 5.03. The molecule has 1 aromatic carbocycles. The molecule has 1 aromatic heterocycles. The van der Waals surface area contributed by atoms with Gasteiger partial charge in [-0.2, -0.15) is 0 Å². The van der Waals surface area contributed by atoms with E-state index in [1.54, 1.807) is 6.26 Å². The summed E-state index contributed by atoms with van der Waals surface area (Å²) >= 11 is 0. The highest BCUT2D eigenvalue weighted by molar-refractivity contribution is 5.99. The molecule has 1 unspecified atom stereocenters. The van der Waals surface area contributed by atoms with Crippen LogP contribution in [0.4, 0.5) is 0 Å². The lowest BCUT2D eigenvalue weighted by Crippen LogP contribution is -2.23. The van der Waals surface area contributed by atoms with Crippen molar-refractivity contribution in [2.75, 3.05) is 0 Å². The van der Waals surface area contributed by atoms with Crippen molar-refractivity contribution in [1.82, 2.24) is 5.32 Å². The summed E-state index contributed by atoms with van der Waals surface area (Å²) in [5.74, 6) is 1.44. The third-order valence-corrected chi connectivity index (χ3v) is 2.37. The van der Waals surface area contributed by atoms with E-state index in [1.807, 2.05) is 42.5 Å². The van der Waals surface area contributed by atoms with Gasteiger partial charge in [-0.1, -0.05) is 35.5 Å². The fourth-order valence-corrected chi connectivity index (χ4v) is 1.58. The largest absolute Gasteiger partial charge is 0.463 e. The average molecular weight is 214 g/mol. The lowest BCUT2D eigenvalue weighted by molar-refractivity contribution is 0.0561. The van der Waals surface area contributed by atoms with E-state index in [4.69, 9.17) is 9.25 Å². The lowest BCUT2D eigenvalue weighted by Gasteiger charge is -2.06. The zero-order valence-corrected chi connectivity index (χ0v) is 8.46. The molecule has 0 saturated heterocycles. The second-order valence-corrected chi connectivity index (χ2v) is 3.45. The van der Waals surface area contributed by atoms with Crippen molar-refractivity contribution >= 4 is 5.84 Å². The van der Waals surface area contributed by atoms with E-state index in [1.165, 1.54) is 0 Å². The topological polar surface area (TPSA) is 46.8 Å². The molecular formula is C12H10N2O2. The Hall–Kier alpha value is -2.23. The molecule has 2 aromatic rings. The minimum atomic E-state index is -0.329. The maximum atomic E-state index is 5.25. The van der Waals surface area contributed by atoms with Gasteiger partial charge in [0.1, 0.15) is 0 Å². The number of hydrogen-bond donors (Lipinski definition) is 1. The van der Waals surface area contributed by atoms with Crippen molar-refractivity contribution in [2.24, 2.45) is 5.16 Å². The highest BCUT2D eigenvalue weighted by atomic mass is 16.7. The van der Waals surface area contributed by atoms with Gasteiger partial charge in [0.25, 0.3) is 6.23 Å². The zero-order chi connectivity index (χ0) is 10.8. The van der Waals surface area contributed by atoms with Crippen LogP contribution in [-0.4, -0.2) is 5.84 Å². The highest BCUT2D eigenvalue weighted by Gasteiger charge is 2.24. The molecule has 0 bridgehead atoms. The molecule has 16 heavy (non-hydrogen) atoms. The second kappa shape index (κ2) is 3.73. The number of amidine groups is 1. The van der Waals surface area contributed by atoms with E-state index in [2.05, 4.69) is 10.5 Å². The van der Waals surface area contributed by atoms with Crippen molar-refractivity contribution in [2.45, 2.75) is 6.23 Å². The molecular weight excluding hydrogens is 204 g/mol. The number of benzene rings is 1. The molecule has 0 fully saturated rings. The maximum Gasteiger partial charge on any atom is 0.257 e. The van der Waals surface area contributed by atoms with E-state index >= 15 is 0 Å². The number of nitrogens with one attached hydrogen (secondary N) is 1. The van der Waals surface area contributed by atoms with Crippen molar-refractivity contribution in [3.8, 4) is 0 Å². The molecule has 1 aliphatic rings. The predicted octanol–water partition coefficient (Wildman–Crippen LogP) is 2.26. The van der Waals surface area contributed by atoms with E-state index < -0.39 is 0 Å². The van der Waals surface area contributed by atoms with Gasteiger partial charge in [-0.05, 0) is 12.1 Å². The summed E-state index contributed by atoms with van der Waals surface area (Å²) in [5.41, 5.74) is 0.997. The number of rotatable bonds is 2. The van der Waals surface area contributed by atoms with Crippen LogP contribution in [0.1, 0.15) is 17.6 Å². The van der Waals surface area contributed by atoms with Crippen LogP contribution in [0.2, 0.25) is 0 Å². The molecule has 0 aliphatic carbocycles. The molecule has 1 aliphatic heterocycles. The van der Waals surface area contributed by atoms with Crippen LogP contribution in [0.15, 0.2) is 58.3 Å². The summed E-state index contributed by atoms with van der Waals surface area (Å²) < 4.78 is 5.24. The lowest BCUT2D eigenvalue weighted by atomic mass is 10.2. The SMILES string of the molecule is c1ccc(C2=NOC(c3ccco3)N2)cc1. The molecule has 0 radical (unpaired) electrons. The molecule has 80 valence electrons. The third-order valence-electron chi connectivity index (χ3n) is 2.37. The van der Waals surface area contributed by atoms with Crippen LogP contribution in [0.5, 0.6) is 0 Å². The van der Waals surface area contributed by atoms with Crippen LogP contribution in [0.25, 0.3) is 0 Å². The number of nitrogens with zero attached hydrogens (tertiary/aromatic N) is 1. The van der Waals surface area contributed by atoms with Gasteiger partial charge in [-0.3, -0.25) is 0 Å². The minimum Gasteiger partial charge on any atom is -0.463 e. The summed E-state index contributed by atoms with van der Waals surface area (Å²) in [6.07, 6.45) is 1.28. The van der Waals surface area contributed by atoms with Gasteiger partial charge < -0.3 is 14.6 Å². The van der Waals surface area contributed by atoms with Gasteiger partial charge in [-0.25, -0.2) is 0 Å². The van der Waals surface area contributed by atoms with E-state index in [-0.39, 0.29) is 6.23 Å². The Balaban J connectivity index is 1.78. The Kier molecular flexibility index (Phi) is 2.11. The monoisotopic (exact) mass is 214 g/mol. The van der Waals surface area contributed by atoms with Gasteiger partial charge >= 0.3 is 0 Å². The van der Waals surface area contributed by atoms with Gasteiger partial charge in [-0.15, -0.1) is 0 Å². The standard InChI is InChI=1S/C12H10N2O2/c1-2-5-9(6-3-1)11-13-12(16-14-11)10-7-4-8-15-10/h1-8,12H,(H,13,14). The van der Waals surface area contributed by atoms with Crippen molar-refractivity contribution in [3.63, 3.8) is 0 Å². The molecule has 2 heterocycles. The summed E-state index contributed by atoms with van der Waals surface area (Å²) in [6, 6.07) is 13.5. The quantitative estimate of drug-likeness (QED) is 0.834. The maximum absolute atomic E-state index is 5.25. The van der Waals surface area contributed by atoms with E-state index in [9.17, 15) is 0 Å². The first kappa shape index (κ1) is 9.03. The Bertz CT molecular complexity index is 491. The predicted molar refractivity (Wildman–Crippen MR) is 58.6 cm³/mol. The van der Waals surface area contributed by atoms with Gasteiger partial charge in [0.15, 0.2) is 11.6 Å². The van der Waals surface area contributed by atoms with Crippen molar-refractivity contribution in [1.29, 1.82) is 0 Å². The van der Waals surface area contributed by atoms with Gasteiger partial charge in [0.05, 0.1) is 6.26 Å². The highest BCUT2D eigenvalue weighted by Crippen LogP contribution is 2.20. The first-order chi connectivity index (χ1) is 7.93. The molecule has 0 amide bonds. The molecule has 4 nitrogen and oxygen atoms in total. The Morgan fingerprint density at radius 1 is 1.06 bits per heavy atom. The minimum absolute atomic E-state index is 0.329. The average Bonchev–Trinajstić information content (AvgIpc) is 3.01. The fraction of sp³-hybridized carbons (Fsp3) is 0.0833. The van der Waals surface area contributed by atoms with Crippen molar-refractivity contribution < 1.29 is 9.25 Å². The zero-order valence-electron chi connectivity index (χ0n) is 8.46. The second-order valence-electron chi connectivity index (χ2n) is 3.45. The smallest absolute Gasteiger partial charge is 0.257 e. The molecule has 0 saturated carbocycles. The normalized spacial score (nSPS) is 18.8. The number of hydrogen-bond acceptors (Lipinski definition) is 4.